The van der Waals surface area contributed by atoms with Crippen molar-refractivity contribution in [3.63, 3.8) is 0 Å². The summed E-state index contributed by atoms with van der Waals surface area (Å²) < 4.78 is 10.7. The third kappa shape index (κ3) is 3.39. The van der Waals surface area contributed by atoms with Crippen molar-refractivity contribution in [2.45, 2.75) is 26.4 Å². The summed E-state index contributed by atoms with van der Waals surface area (Å²) in [5, 5.41) is 2.77. The minimum Gasteiger partial charge on any atom is -0.493 e. The molecule has 1 N–H and O–H groups in total. The molecular formula is C14H19NO3. The molecule has 2 rings (SSSR count). The lowest BCUT2D eigenvalue weighted by atomic mass is 9.97. The Labute approximate surface area is 107 Å². The SMILES string of the molecule is CC(C)OC(=O)NC[C@H]1COc2ccccc2C1. The fourth-order valence-corrected chi connectivity index (χ4v) is 2.01. The second kappa shape index (κ2) is 5.76. The molecule has 0 bridgehead atoms. The molecule has 1 aliphatic rings. The van der Waals surface area contributed by atoms with E-state index >= 15 is 0 Å². The number of benzene rings is 1. The highest BCUT2D eigenvalue weighted by molar-refractivity contribution is 5.67. The highest BCUT2D eigenvalue weighted by atomic mass is 16.6. The molecule has 18 heavy (non-hydrogen) atoms. The molecule has 1 aliphatic heterocycles. The quantitative estimate of drug-likeness (QED) is 0.894. The summed E-state index contributed by atoms with van der Waals surface area (Å²) in [5.74, 6) is 1.26. The predicted octanol–water partition coefficient (Wildman–Crippen LogP) is 2.37. The Bertz CT molecular complexity index is 417. The molecule has 1 aromatic rings. The van der Waals surface area contributed by atoms with Crippen LogP contribution in [0.3, 0.4) is 0 Å². The zero-order chi connectivity index (χ0) is 13.0. The van der Waals surface area contributed by atoms with Gasteiger partial charge in [0.25, 0.3) is 0 Å². The third-order valence-corrected chi connectivity index (χ3v) is 2.83. The summed E-state index contributed by atoms with van der Waals surface area (Å²) >= 11 is 0. The van der Waals surface area contributed by atoms with E-state index in [2.05, 4.69) is 11.4 Å². The van der Waals surface area contributed by atoms with E-state index in [0.717, 1.165) is 12.2 Å². The van der Waals surface area contributed by atoms with Gasteiger partial charge in [0, 0.05) is 12.5 Å². The molecule has 4 heteroatoms. The molecule has 0 unspecified atom stereocenters. The molecule has 0 saturated heterocycles. The lowest BCUT2D eigenvalue weighted by molar-refractivity contribution is 0.112. The number of para-hydroxylation sites is 1. The van der Waals surface area contributed by atoms with E-state index in [-0.39, 0.29) is 12.2 Å². The normalized spacial score (nSPS) is 17.8. The first-order valence-electron chi connectivity index (χ1n) is 6.30. The topological polar surface area (TPSA) is 47.6 Å². The van der Waals surface area contributed by atoms with E-state index in [1.807, 2.05) is 32.0 Å². The van der Waals surface area contributed by atoms with Crippen LogP contribution in [0, 0.1) is 5.92 Å². The van der Waals surface area contributed by atoms with Crippen LogP contribution in [0.25, 0.3) is 0 Å². The van der Waals surface area contributed by atoms with Gasteiger partial charge in [0.05, 0.1) is 12.7 Å². The number of alkyl carbamates (subject to hydrolysis) is 1. The van der Waals surface area contributed by atoms with Gasteiger partial charge in [0.15, 0.2) is 0 Å². The first kappa shape index (κ1) is 12.7. The number of amides is 1. The van der Waals surface area contributed by atoms with E-state index in [9.17, 15) is 4.79 Å². The van der Waals surface area contributed by atoms with Gasteiger partial charge in [0.1, 0.15) is 5.75 Å². The van der Waals surface area contributed by atoms with Gasteiger partial charge in [-0.2, -0.15) is 0 Å². The number of carbonyl (C=O) groups is 1. The van der Waals surface area contributed by atoms with Gasteiger partial charge in [0.2, 0.25) is 0 Å². The summed E-state index contributed by atoms with van der Waals surface area (Å²) in [6, 6.07) is 8.02. The lowest BCUT2D eigenvalue weighted by Gasteiger charge is -2.25. The Kier molecular flexibility index (Phi) is 4.07. The fraction of sp³-hybridized carbons (Fsp3) is 0.500. The molecule has 0 aromatic heterocycles. The monoisotopic (exact) mass is 249 g/mol. The second-order valence-corrected chi connectivity index (χ2v) is 4.82. The molecule has 0 fully saturated rings. The Balaban J connectivity index is 1.81. The van der Waals surface area contributed by atoms with Crippen LogP contribution in [-0.4, -0.2) is 25.3 Å². The molecule has 4 nitrogen and oxygen atoms in total. The van der Waals surface area contributed by atoms with Crippen molar-refractivity contribution in [1.29, 1.82) is 0 Å². The number of carbonyl (C=O) groups excluding carboxylic acids is 1. The minimum atomic E-state index is -0.358. The van der Waals surface area contributed by atoms with Crippen molar-refractivity contribution in [2.24, 2.45) is 5.92 Å². The average Bonchev–Trinajstić information content (AvgIpc) is 2.35. The number of ether oxygens (including phenoxy) is 2. The van der Waals surface area contributed by atoms with Gasteiger partial charge in [-0.1, -0.05) is 18.2 Å². The van der Waals surface area contributed by atoms with Crippen LogP contribution in [-0.2, 0) is 11.2 Å². The average molecular weight is 249 g/mol. The maximum absolute atomic E-state index is 11.4. The molecular weight excluding hydrogens is 230 g/mol. The highest BCUT2D eigenvalue weighted by Crippen LogP contribution is 2.26. The number of rotatable bonds is 3. The van der Waals surface area contributed by atoms with Gasteiger partial charge < -0.3 is 14.8 Å². The van der Waals surface area contributed by atoms with E-state index in [4.69, 9.17) is 9.47 Å². The van der Waals surface area contributed by atoms with Crippen molar-refractivity contribution in [3.05, 3.63) is 29.8 Å². The van der Waals surface area contributed by atoms with E-state index in [1.54, 1.807) is 0 Å². The zero-order valence-corrected chi connectivity index (χ0v) is 10.8. The van der Waals surface area contributed by atoms with E-state index in [1.165, 1.54) is 5.56 Å². The molecule has 1 aromatic carbocycles. The maximum Gasteiger partial charge on any atom is 0.407 e. The van der Waals surface area contributed by atoms with Crippen molar-refractivity contribution < 1.29 is 14.3 Å². The number of nitrogens with one attached hydrogen (secondary N) is 1. The van der Waals surface area contributed by atoms with Gasteiger partial charge in [-0.25, -0.2) is 4.79 Å². The van der Waals surface area contributed by atoms with Gasteiger partial charge in [-0.15, -0.1) is 0 Å². The van der Waals surface area contributed by atoms with E-state index in [0.29, 0.717) is 19.1 Å². The van der Waals surface area contributed by atoms with Crippen molar-refractivity contribution >= 4 is 6.09 Å². The van der Waals surface area contributed by atoms with Gasteiger partial charge in [-0.05, 0) is 31.9 Å². The van der Waals surface area contributed by atoms with Crippen LogP contribution in [0.5, 0.6) is 5.75 Å². The predicted molar refractivity (Wildman–Crippen MR) is 68.8 cm³/mol. The number of hydrogen-bond donors (Lipinski definition) is 1. The molecule has 98 valence electrons. The van der Waals surface area contributed by atoms with Crippen LogP contribution in [0.4, 0.5) is 4.79 Å². The molecule has 0 aliphatic carbocycles. The Morgan fingerprint density at radius 1 is 1.50 bits per heavy atom. The molecule has 1 heterocycles. The number of fused-ring (bicyclic) bond motifs is 1. The summed E-state index contributed by atoms with van der Waals surface area (Å²) in [6.07, 6.45) is 0.482. The first-order valence-corrected chi connectivity index (χ1v) is 6.30. The smallest absolute Gasteiger partial charge is 0.407 e. The maximum atomic E-state index is 11.4. The zero-order valence-electron chi connectivity index (χ0n) is 10.8. The highest BCUT2D eigenvalue weighted by Gasteiger charge is 2.20. The summed E-state index contributed by atoms with van der Waals surface area (Å²) in [7, 11) is 0. The largest absolute Gasteiger partial charge is 0.493 e. The Morgan fingerprint density at radius 2 is 2.28 bits per heavy atom. The molecule has 0 radical (unpaired) electrons. The second-order valence-electron chi connectivity index (χ2n) is 4.82. The number of hydrogen-bond acceptors (Lipinski definition) is 3. The van der Waals surface area contributed by atoms with Crippen LogP contribution >= 0.6 is 0 Å². The van der Waals surface area contributed by atoms with Gasteiger partial charge >= 0.3 is 6.09 Å². The fourth-order valence-electron chi connectivity index (χ4n) is 2.01. The molecule has 0 spiro atoms. The summed E-state index contributed by atoms with van der Waals surface area (Å²) in [6.45, 7) is 4.89. The Morgan fingerprint density at radius 3 is 3.06 bits per heavy atom. The van der Waals surface area contributed by atoms with Crippen LogP contribution in [0.15, 0.2) is 24.3 Å². The van der Waals surface area contributed by atoms with Crippen LogP contribution in [0.1, 0.15) is 19.4 Å². The van der Waals surface area contributed by atoms with Gasteiger partial charge in [-0.3, -0.25) is 0 Å². The lowest BCUT2D eigenvalue weighted by Crippen LogP contribution is -2.35. The first-order chi connectivity index (χ1) is 8.65. The van der Waals surface area contributed by atoms with Crippen molar-refractivity contribution in [2.75, 3.05) is 13.2 Å². The van der Waals surface area contributed by atoms with Crippen molar-refractivity contribution in [1.82, 2.24) is 5.32 Å². The minimum absolute atomic E-state index is 0.0895. The van der Waals surface area contributed by atoms with Crippen molar-refractivity contribution in [3.8, 4) is 5.75 Å². The molecule has 1 atom stereocenters. The Hall–Kier alpha value is -1.71. The summed E-state index contributed by atoms with van der Waals surface area (Å²) in [4.78, 5) is 11.4. The standard InChI is InChI=1S/C14H19NO3/c1-10(2)18-14(16)15-8-11-7-12-5-3-4-6-13(12)17-9-11/h3-6,10-11H,7-9H2,1-2H3,(H,15,16)/t11-/m0/s1. The van der Waals surface area contributed by atoms with E-state index < -0.39 is 0 Å². The van der Waals surface area contributed by atoms with Crippen LogP contribution < -0.4 is 10.1 Å². The molecule has 1 amide bonds. The third-order valence-electron chi connectivity index (χ3n) is 2.83. The van der Waals surface area contributed by atoms with Crippen LogP contribution in [0.2, 0.25) is 0 Å². The molecule has 0 saturated carbocycles. The summed E-state index contributed by atoms with van der Waals surface area (Å²) in [5.41, 5.74) is 1.20.